The molecule has 2 heterocycles. The summed E-state index contributed by atoms with van der Waals surface area (Å²) in [4.78, 5) is 56.9. The van der Waals surface area contributed by atoms with Crippen molar-refractivity contribution in [3.63, 3.8) is 0 Å². The molecule has 1 aliphatic carbocycles. The van der Waals surface area contributed by atoms with E-state index < -0.39 is 23.5 Å². The van der Waals surface area contributed by atoms with Crippen LogP contribution in [0.4, 0.5) is 16.2 Å². The van der Waals surface area contributed by atoms with Crippen LogP contribution in [0.3, 0.4) is 0 Å². The van der Waals surface area contributed by atoms with Gasteiger partial charge in [0.2, 0.25) is 11.8 Å². The maximum atomic E-state index is 13.0. The Hall–Kier alpha value is -3.76. The van der Waals surface area contributed by atoms with Gasteiger partial charge < -0.3 is 15.5 Å². The first kappa shape index (κ1) is 22.4. The normalized spacial score (nSPS) is 18.5. The van der Waals surface area contributed by atoms with Crippen LogP contribution in [-0.4, -0.2) is 67.4 Å². The van der Waals surface area contributed by atoms with Crippen molar-refractivity contribution < 1.29 is 19.2 Å². The zero-order valence-electron chi connectivity index (χ0n) is 18.7. The Bertz CT molecular complexity index is 1050. The van der Waals surface area contributed by atoms with Crippen molar-refractivity contribution in [3.05, 3.63) is 36.9 Å². The third kappa shape index (κ3) is 4.30. The average Bonchev–Trinajstić information content (AvgIpc) is 3.41. The molecule has 1 aromatic heterocycles. The summed E-state index contributed by atoms with van der Waals surface area (Å²) >= 11 is 0. The van der Waals surface area contributed by atoms with E-state index in [0.29, 0.717) is 24.2 Å². The molecule has 1 saturated carbocycles. The van der Waals surface area contributed by atoms with Crippen LogP contribution in [0.15, 0.2) is 36.9 Å². The first-order valence-electron chi connectivity index (χ1n) is 11.0. The smallest absolute Gasteiger partial charge is 0.325 e. The fraction of sp³-hybridized carbons (Fsp3) is 0.455. The fourth-order valence-electron chi connectivity index (χ4n) is 4.44. The van der Waals surface area contributed by atoms with Crippen LogP contribution in [0.1, 0.15) is 45.1 Å². The number of imide groups is 1. The summed E-state index contributed by atoms with van der Waals surface area (Å²) in [5, 5.41) is 9.43. The predicted octanol–water partition coefficient (Wildman–Crippen LogP) is 2.01. The molecule has 0 radical (unpaired) electrons. The van der Waals surface area contributed by atoms with E-state index >= 15 is 0 Å². The summed E-state index contributed by atoms with van der Waals surface area (Å²) in [5.74, 6) is -1.01. The average molecular weight is 454 g/mol. The van der Waals surface area contributed by atoms with Gasteiger partial charge in [0.15, 0.2) is 0 Å². The maximum Gasteiger partial charge on any atom is 0.327 e. The van der Waals surface area contributed by atoms with Gasteiger partial charge in [-0.25, -0.2) is 14.5 Å². The molecule has 1 unspecified atom stereocenters. The number of likely N-dealkylation sites (N-methyl/N-ethyl adjacent to an activating group) is 1. The summed E-state index contributed by atoms with van der Waals surface area (Å²) in [6.07, 6.45) is 6.93. The molecular formula is C22H27N7O4. The Balaban J connectivity index is 1.34. The predicted molar refractivity (Wildman–Crippen MR) is 119 cm³/mol. The fourth-order valence-corrected chi connectivity index (χ4v) is 4.44. The van der Waals surface area contributed by atoms with Gasteiger partial charge >= 0.3 is 6.03 Å². The summed E-state index contributed by atoms with van der Waals surface area (Å²) in [6.45, 7) is 1.37. The van der Waals surface area contributed by atoms with Gasteiger partial charge in [-0.3, -0.25) is 19.3 Å². The van der Waals surface area contributed by atoms with Crippen LogP contribution in [-0.2, 0) is 14.4 Å². The monoisotopic (exact) mass is 453 g/mol. The van der Waals surface area contributed by atoms with Gasteiger partial charge in [-0.05, 0) is 44.0 Å². The molecule has 1 aliphatic heterocycles. The van der Waals surface area contributed by atoms with Crippen molar-refractivity contribution in [2.75, 3.05) is 24.2 Å². The van der Waals surface area contributed by atoms with E-state index in [9.17, 15) is 19.2 Å². The van der Waals surface area contributed by atoms with E-state index in [1.165, 1.54) is 22.2 Å². The van der Waals surface area contributed by atoms with Gasteiger partial charge in [-0.2, -0.15) is 5.10 Å². The molecule has 2 aromatic rings. The van der Waals surface area contributed by atoms with Gasteiger partial charge in [0.25, 0.3) is 5.91 Å². The third-order valence-electron chi connectivity index (χ3n) is 6.43. The Morgan fingerprint density at radius 3 is 2.30 bits per heavy atom. The van der Waals surface area contributed by atoms with E-state index in [0.717, 1.165) is 24.2 Å². The van der Waals surface area contributed by atoms with Crippen LogP contribution < -0.4 is 10.6 Å². The van der Waals surface area contributed by atoms with Crippen molar-refractivity contribution in [1.29, 1.82) is 0 Å². The van der Waals surface area contributed by atoms with E-state index in [-0.39, 0.29) is 18.4 Å². The molecule has 1 spiro atoms. The molecular weight excluding hydrogens is 426 g/mol. The van der Waals surface area contributed by atoms with Gasteiger partial charge in [0.05, 0.1) is 0 Å². The zero-order chi connectivity index (χ0) is 23.6. The van der Waals surface area contributed by atoms with Crippen molar-refractivity contribution >= 4 is 35.1 Å². The minimum atomic E-state index is -0.807. The topological polar surface area (TPSA) is 130 Å². The number of carbonyl (C=O) groups excluding carboxylic acids is 4. The van der Waals surface area contributed by atoms with Crippen molar-refractivity contribution in [1.82, 2.24) is 24.6 Å². The largest absolute Gasteiger partial charge is 0.327 e. The third-order valence-corrected chi connectivity index (χ3v) is 6.43. The lowest BCUT2D eigenvalue weighted by atomic mass is 9.81. The van der Waals surface area contributed by atoms with Crippen LogP contribution in [0.25, 0.3) is 0 Å². The Morgan fingerprint density at radius 1 is 1.06 bits per heavy atom. The zero-order valence-corrected chi connectivity index (χ0v) is 18.7. The number of anilines is 2. The second-order valence-corrected chi connectivity index (χ2v) is 8.49. The van der Waals surface area contributed by atoms with Crippen molar-refractivity contribution in [3.8, 4) is 0 Å². The highest BCUT2D eigenvalue weighted by Gasteiger charge is 2.55. The van der Waals surface area contributed by atoms with Gasteiger partial charge in [0, 0.05) is 18.4 Å². The number of aromatic nitrogens is 3. The molecule has 1 aromatic carbocycles. The highest BCUT2D eigenvalue weighted by Crippen LogP contribution is 2.39. The number of benzene rings is 1. The molecule has 2 fully saturated rings. The van der Waals surface area contributed by atoms with Crippen LogP contribution >= 0.6 is 0 Å². The quantitative estimate of drug-likeness (QED) is 0.644. The molecule has 0 bridgehead atoms. The summed E-state index contributed by atoms with van der Waals surface area (Å²) in [6, 6.07) is 5.60. The summed E-state index contributed by atoms with van der Waals surface area (Å²) < 4.78 is 1.44. The van der Waals surface area contributed by atoms with Gasteiger partial charge in [0.1, 0.15) is 30.8 Å². The number of nitrogens with one attached hydrogen (secondary N) is 2. The molecule has 11 heteroatoms. The molecule has 4 rings (SSSR count). The first-order valence-corrected chi connectivity index (χ1v) is 11.0. The summed E-state index contributed by atoms with van der Waals surface area (Å²) in [7, 11) is 1.64. The standard InChI is InChI=1S/C22H27N7O4/c1-15(29-14-23-13-24-29)19(31)26-17-8-6-16(7-9-17)25-18(30)12-28-20(32)22(27(2)21(28)33)10-4-3-5-11-22/h6-9,13-15H,3-5,10-12H2,1-2H3,(H,25,30)(H,26,31). The lowest BCUT2D eigenvalue weighted by molar-refractivity contribution is -0.136. The highest BCUT2D eigenvalue weighted by atomic mass is 16.2. The molecule has 2 N–H and O–H groups in total. The Morgan fingerprint density at radius 2 is 1.70 bits per heavy atom. The SMILES string of the molecule is CC(C(=O)Nc1ccc(NC(=O)CN2C(=O)N(C)C3(CCCCC3)C2=O)cc1)n1cncn1. The number of nitrogens with zero attached hydrogens (tertiary/aromatic N) is 5. The van der Waals surface area contributed by atoms with Crippen LogP contribution in [0.5, 0.6) is 0 Å². The highest BCUT2D eigenvalue weighted by molar-refractivity contribution is 6.10. The number of amides is 5. The first-order chi connectivity index (χ1) is 15.8. The second-order valence-electron chi connectivity index (χ2n) is 8.49. The van der Waals surface area contributed by atoms with Crippen molar-refractivity contribution in [2.45, 2.75) is 50.6 Å². The molecule has 11 nitrogen and oxygen atoms in total. The van der Waals surface area contributed by atoms with Crippen LogP contribution in [0, 0.1) is 0 Å². The van der Waals surface area contributed by atoms with Gasteiger partial charge in [-0.1, -0.05) is 19.3 Å². The number of urea groups is 1. The molecule has 2 aliphatic rings. The number of carbonyl (C=O) groups is 4. The molecule has 33 heavy (non-hydrogen) atoms. The molecule has 5 amide bonds. The molecule has 174 valence electrons. The lowest BCUT2D eigenvalue weighted by Gasteiger charge is -2.35. The van der Waals surface area contributed by atoms with E-state index in [2.05, 4.69) is 20.7 Å². The van der Waals surface area contributed by atoms with Gasteiger partial charge in [-0.15, -0.1) is 0 Å². The van der Waals surface area contributed by atoms with E-state index in [1.807, 2.05) is 0 Å². The maximum absolute atomic E-state index is 13.0. The number of hydrogen-bond acceptors (Lipinski definition) is 6. The molecule has 1 saturated heterocycles. The summed E-state index contributed by atoms with van der Waals surface area (Å²) in [5.41, 5.74) is 0.233. The minimum absolute atomic E-state index is 0.260. The van der Waals surface area contributed by atoms with E-state index in [1.54, 1.807) is 38.2 Å². The Kier molecular flexibility index (Phi) is 6.12. The number of rotatable bonds is 6. The molecule has 1 atom stereocenters. The minimum Gasteiger partial charge on any atom is -0.325 e. The number of hydrogen-bond donors (Lipinski definition) is 2. The second kappa shape index (κ2) is 9.00. The van der Waals surface area contributed by atoms with Crippen LogP contribution in [0.2, 0.25) is 0 Å². The van der Waals surface area contributed by atoms with E-state index in [4.69, 9.17) is 0 Å². The lowest BCUT2D eigenvalue weighted by Crippen LogP contribution is -2.49. The van der Waals surface area contributed by atoms with Crippen molar-refractivity contribution in [2.24, 2.45) is 0 Å². The Labute approximate surface area is 191 Å².